The van der Waals surface area contributed by atoms with E-state index in [2.05, 4.69) is 12.2 Å². The highest BCUT2D eigenvalue weighted by molar-refractivity contribution is 6.03. The van der Waals surface area contributed by atoms with Crippen molar-refractivity contribution in [3.63, 3.8) is 0 Å². The van der Waals surface area contributed by atoms with Crippen molar-refractivity contribution in [2.24, 2.45) is 17.6 Å². The Labute approximate surface area is 141 Å². The predicted octanol–water partition coefficient (Wildman–Crippen LogP) is 0.701. The number of hydrogen-bond donors (Lipinski definition) is 2. The fourth-order valence-corrected chi connectivity index (χ4v) is 3.60. The number of hydrogen-bond acceptors (Lipinski definition) is 4. The largest absolute Gasteiger partial charge is 0.336 e. The molecule has 0 aliphatic carbocycles. The van der Waals surface area contributed by atoms with Gasteiger partial charge in [-0.15, -0.1) is 0 Å². The Morgan fingerprint density at radius 3 is 2.54 bits per heavy atom. The van der Waals surface area contributed by atoms with Gasteiger partial charge in [0.2, 0.25) is 11.8 Å². The third kappa shape index (κ3) is 3.33. The van der Waals surface area contributed by atoms with Crippen LogP contribution in [-0.2, 0) is 16.0 Å². The second-order valence-corrected chi connectivity index (χ2v) is 6.86. The average Bonchev–Trinajstić information content (AvgIpc) is 3.09. The summed E-state index contributed by atoms with van der Waals surface area (Å²) in [5.41, 5.74) is 7.32. The lowest BCUT2D eigenvalue weighted by Gasteiger charge is -2.21. The number of benzene rings is 1. The minimum atomic E-state index is -0.303. The van der Waals surface area contributed by atoms with Crippen molar-refractivity contribution in [3.8, 4) is 0 Å². The number of nitrogens with one attached hydrogen (secondary N) is 1. The minimum Gasteiger partial charge on any atom is -0.336 e. The van der Waals surface area contributed by atoms with Gasteiger partial charge in [0, 0.05) is 24.6 Å². The van der Waals surface area contributed by atoms with Crippen molar-refractivity contribution in [1.82, 2.24) is 10.2 Å². The highest BCUT2D eigenvalue weighted by atomic mass is 16.2. The molecule has 3 atom stereocenters. The first-order chi connectivity index (χ1) is 11.5. The summed E-state index contributed by atoms with van der Waals surface area (Å²) < 4.78 is 0. The zero-order chi connectivity index (χ0) is 17.3. The van der Waals surface area contributed by atoms with Crippen LogP contribution < -0.4 is 11.1 Å². The predicted molar refractivity (Wildman–Crippen MR) is 89.1 cm³/mol. The number of nitrogens with zero attached hydrogens (tertiary/aromatic N) is 1. The van der Waals surface area contributed by atoms with Crippen molar-refractivity contribution in [1.29, 1.82) is 0 Å². The van der Waals surface area contributed by atoms with Gasteiger partial charge in [-0.2, -0.15) is 0 Å². The molecule has 3 rings (SSSR count). The number of nitrogens with two attached hydrogens (primary N) is 1. The SMILES string of the molecule is CC1CC(CN)CN1C(=O)c1ccc(CC2CC(=O)NC2=O)cc1. The van der Waals surface area contributed by atoms with E-state index in [9.17, 15) is 14.4 Å². The van der Waals surface area contributed by atoms with Crippen LogP contribution in [0, 0.1) is 11.8 Å². The molecule has 0 saturated carbocycles. The molecule has 0 spiro atoms. The Hall–Kier alpha value is -2.21. The molecule has 2 aliphatic rings. The topological polar surface area (TPSA) is 92.5 Å². The van der Waals surface area contributed by atoms with E-state index in [1.54, 1.807) is 12.1 Å². The third-order valence-corrected chi connectivity index (χ3v) is 5.00. The molecule has 3 amide bonds. The molecule has 0 aromatic heterocycles. The summed E-state index contributed by atoms with van der Waals surface area (Å²) in [6.45, 7) is 3.37. The first kappa shape index (κ1) is 16.6. The number of carbonyl (C=O) groups excluding carboxylic acids is 3. The van der Waals surface area contributed by atoms with E-state index in [-0.39, 0.29) is 36.1 Å². The smallest absolute Gasteiger partial charge is 0.254 e. The average molecular weight is 329 g/mol. The van der Waals surface area contributed by atoms with Crippen molar-refractivity contribution in [2.45, 2.75) is 32.2 Å². The van der Waals surface area contributed by atoms with Crippen molar-refractivity contribution < 1.29 is 14.4 Å². The number of rotatable bonds is 4. The van der Waals surface area contributed by atoms with Gasteiger partial charge in [0.25, 0.3) is 5.91 Å². The first-order valence-electron chi connectivity index (χ1n) is 8.41. The summed E-state index contributed by atoms with van der Waals surface area (Å²) in [7, 11) is 0. The molecule has 2 saturated heterocycles. The van der Waals surface area contributed by atoms with E-state index in [4.69, 9.17) is 5.73 Å². The fourth-order valence-electron chi connectivity index (χ4n) is 3.60. The van der Waals surface area contributed by atoms with Gasteiger partial charge in [-0.1, -0.05) is 12.1 Å². The Morgan fingerprint density at radius 1 is 1.29 bits per heavy atom. The van der Waals surface area contributed by atoms with Gasteiger partial charge in [-0.3, -0.25) is 19.7 Å². The van der Waals surface area contributed by atoms with E-state index in [1.165, 1.54) is 0 Å². The molecule has 24 heavy (non-hydrogen) atoms. The zero-order valence-corrected chi connectivity index (χ0v) is 13.8. The lowest BCUT2D eigenvalue weighted by Crippen LogP contribution is -2.34. The molecule has 1 aromatic carbocycles. The monoisotopic (exact) mass is 329 g/mol. The van der Waals surface area contributed by atoms with E-state index in [1.807, 2.05) is 17.0 Å². The van der Waals surface area contributed by atoms with E-state index < -0.39 is 0 Å². The first-order valence-corrected chi connectivity index (χ1v) is 8.41. The molecule has 3 N–H and O–H groups in total. The van der Waals surface area contributed by atoms with Crippen molar-refractivity contribution in [3.05, 3.63) is 35.4 Å². The number of likely N-dealkylation sites (tertiary alicyclic amines) is 1. The van der Waals surface area contributed by atoms with Gasteiger partial charge >= 0.3 is 0 Å². The summed E-state index contributed by atoms with van der Waals surface area (Å²) >= 11 is 0. The van der Waals surface area contributed by atoms with Crippen LogP contribution in [0.25, 0.3) is 0 Å². The summed E-state index contributed by atoms with van der Waals surface area (Å²) in [6.07, 6.45) is 1.71. The molecule has 1 aromatic rings. The zero-order valence-electron chi connectivity index (χ0n) is 13.8. The van der Waals surface area contributed by atoms with Crippen LogP contribution in [0.4, 0.5) is 0 Å². The lowest BCUT2D eigenvalue weighted by atomic mass is 9.97. The van der Waals surface area contributed by atoms with Gasteiger partial charge < -0.3 is 10.6 Å². The Morgan fingerprint density at radius 2 is 2.00 bits per heavy atom. The van der Waals surface area contributed by atoms with Crippen LogP contribution >= 0.6 is 0 Å². The highest BCUT2D eigenvalue weighted by Gasteiger charge is 2.32. The van der Waals surface area contributed by atoms with Gasteiger partial charge in [0.05, 0.1) is 5.92 Å². The molecular weight excluding hydrogens is 306 g/mol. The standard InChI is InChI=1S/C18H23N3O3/c1-11-6-13(9-19)10-21(11)18(24)14-4-2-12(3-5-14)7-15-8-16(22)20-17(15)23/h2-5,11,13,15H,6-10,19H2,1H3,(H,20,22,23). The van der Waals surface area contributed by atoms with Crippen LogP contribution in [0.3, 0.4) is 0 Å². The van der Waals surface area contributed by atoms with Crippen LogP contribution in [0.15, 0.2) is 24.3 Å². The summed E-state index contributed by atoms with van der Waals surface area (Å²) in [5, 5.41) is 2.32. The van der Waals surface area contributed by atoms with E-state index in [0.29, 0.717) is 31.0 Å². The minimum absolute atomic E-state index is 0.0267. The second-order valence-electron chi connectivity index (χ2n) is 6.86. The summed E-state index contributed by atoms with van der Waals surface area (Å²) in [4.78, 5) is 37.4. The molecule has 0 bridgehead atoms. The number of imide groups is 1. The Kier molecular flexibility index (Phi) is 4.66. The molecule has 128 valence electrons. The van der Waals surface area contributed by atoms with Crippen LogP contribution in [0.5, 0.6) is 0 Å². The quantitative estimate of drug-likeness (QED) is 0.795. The molecule has 6 heteroatoms. The van der Waals surface area contributed by atoms with Crippen LogP contribution in [0.1, 0.15) is 35.7 Å². The maximum absolute atomic E-state index is 12.6. The molecule has 2 fully saturated rings. The van der Waals surface area contributed by atoms with Crippen LogP contribution in [-0.4, -0.2) is 41.8 Å². The fraction of sp³-hybridized carbons (Fsp3) is 0.500. The van der Waals surface area contributed by atoms with Crippen molar-refractivity contribution in [2.75, 3.05) is 13.1 Å². The number of carbonyl (C=O) groups is 3. The second kappa shape index (κ2) is 6.73. The molecular formula is C18H23N3O3. The number of amides is 3. The Bertz CT molecular complexity index is 656. The van der Waals surface area contributed by atoms with Gasteiger partial charge in [0.15, 0.2) is 0 Å². The lowest BCUT2D eigenvalue weighted by molar-refractivity contribution is -0.125. The van der Waals surface area contributed by atoms with Gasteiger partial charge in [-0.05, 0) is 49.9 Å². The van der Waals surface area contributed by atoms with Gasteiger partial charge in [-0.25, -0.2) is 0 Å². The molecule has 6 nitrogen and oxygen atoms in total. The normalized spacial score (nSPS) is 26.8. The maximum Gasteiger partial charge on any atom is 0.254 e. The molecule has 0 radical (unpaired) electrons. The molecule has 2 heterocycles. The maximum atomic E-state index is 12.6. The third-order valence-electron chi connectivity index (χ3n) is 5.00. The van der Waals surface area contributed by atoms with Gasteiger partial charge in [0.1, 0.15) is 0 Å². The summed E-state index contributed by atoms with van der Waals surface area (Å²) in [6, 6.07) is 7.54. The van der Waals surface area contributed by atoms with Crippen LogP contribution in [0.2, 0.25) is 0 Å². The summed E-state index contributed by atoms with van der Waals surface area (Å²) in [5.74, 6) is -0.323. The van der Waals surface area contributed by atoms with E-state index in [0.717, 1.165) is 12.0 Å². The van der Waals surface area contributed by atoms with Crippen molar-refractivity contribution >= 4 is 17.7 Å². The Balaban J connectivity index is 1.65. The molecule has 2 aliphatic heterocycles. The molecule has 3 unspecified atom stereocenters. The highest BCUT2D eigenvalue weighted by Crippen LogP contribution is 2.24. The van der Waals surface area contributed by atoms with E-state index >= 15 is 0 Å².